The molecule has 50 valence electrons. The SMILES string of the molecule is S[PH]1(Cl)OCCCO1. The van der Waals surface area contributed by atoms with Crippen LogP contribution < -0.4 is 0 Å². The van der Waals surface area contributed by atoms with Crippen LogP contribution in [-0.2, 0) is 9.05 Å². The van der Waals surface area contributed by atoms with Crippen molar-refractivity contribution < 1.29 is 9.05 Å². The summed E-state index contributed by atoms with van der Waals surface area (Å²) in [5.41, 5.74) is 0. The Morgan fingerprint density at radius 3 is 2.12 bits per heavy atom. The van der Waals surface area contributed by atoms with Crippen LogP contribution in [0.1, 0.15) is 6.42 Å². The summed E-state index contributed by atoms with van der Waals surface area (Å²) in [6.45, 7) is 1.39. The van der Waals surface area contributed by atoms with Gasteiger partial charge in [-0.2, -0.15) is 0 Å². The molecule has 0 bridgehead atoms. The van der Waals surface area contributed by atoms with E-state index in [-0.39, 0.29) is 0 Å². The zero-order valence-corrected chi connectivity index (χ0v) is 6.91. The van der Waals surface area contributed by atoms with Gasteiger partial charge in [0.1, 0.15) is 0 Å². The van der Waals surface area contributed by atoms with Gasteiger partial charge in [0, 0.05) is 0 Å². The molecule has 1 rings (SSSR count). The molecule has 0 unspecified atom stereocenters. The van der Waals surface area contributed by atoms with Crippen LogP contribution in [0.25, 0.3) is 0 Å². The Bertz CT molecular complexity index is 81.4. The number of halogens is 1. The maximum absolute atomic E-state index is 5.63. The van der Waals surface area contributed by atoms with Gasteiger partial charge in [-0.3, -0.25) is 0 Å². The van der Waals surface area contributed by atoms with Gasteiger partial charge in [-0.1, -0.05) is 0 Å². The molecule has 0 aromatic rings. The first-order valence-corrected chi connectivity index (χ1v) is 6.52. The van der Waals surface area contributed by atoms with E-state index in [0.29, 0.717) is 13.2 Å². The molecule has 0 radical (unpaired) electrons. The molecule has 0 atom stereocenters. The molecule has 8 heavy (non-hydrogen) atoms. The van der Waals surface area contributed by atoms with E-state index in [4.69, 9.17) is 20.3 Å². The van der Waals surface area contributed by atoms with Crippen molar-refractivity contribution in [2.45, 2.75) is 6.42 Å². The molecule has 1 saturated heterocycles. The topological polar surface area (TPSA) is 18.5 Å². The summed E-state index contributed by atoms with van der Waals surface area (Å²) in [6.07, 6.45) is -1.49. The van der Waals surface area contributed by atoms with E-state index in [0.717, 1.165) is 6.42 Å². The van der Waals surface area contributed by atoms with Gasteiger partial charge in [-0.05, 0) is 0 Å². The van der Waals surface area contributed by atoms with Gasteiger partial charge < -0.3 is 0 Å². The first kappa shape index (κ1) is 7.10. The number of hydrogen-bond acceptors (Lipinski definition) is 3. The molecule has 0 saturated carbocycles. The Hall–Kier alpha value is 0.990. The quantitative estimate of drug-likeness (QED) is 0.447. The average molecular weight is 175 g/mol. The van der Waals surface area contributed by atoms with E-state index in [2.05, 4.69) is 12.2 Å². The first-order chi connectivity index (χ1) is 3.71. The zero-order chi connectivity index (χ0) is 6.04. The second-order valence-corrected chi connectivity index (χ2v) is 7.19. The fourth-order valence-corrected chi connectivity index (χ4v) is 2.38. The van der Waals surface area contributed by atoms with Gasteiger partial charge >= 0.3 is 58.4 Å². The Morgan fingerprint density at radius 1 is 1.38 bits per heavy atom. The molecule has 1 aliphatic rings. The number of rotatable bonds is 0. The van der Waals surface area contributed by atoms with Crippen molar-refractivity contribution in [1.82, 2.24) is 0 Å². The van der Waals surface area contributed by atoms with E-state index >= 15 is 0 Å². The maximum atomic E-state index is 5.63. The summed E-state index contributed by atoms with van der Waals surface area (Å²) < 4.78 is 10.0. The summed E-state index contributed by atoms with van der Waals surface area (Å²) >= 11 is 9.61. The molecule has 1 fully saturated rings. The van der Waals surface area contributed by atoms with Crippen molar-refractivity contribution in [3.05, 3.63) is 0 Å². The van der Waals surface area contributed by atoms with Crippen LogP contribution >= 0.6 is 29.8 Å². The van der Waals surface area contributed by atoms with Crippen LogP contribution in [0.3, 0.4) is 0 Å². The third kappa shape index (κ3) is 2.08. The molecule has 0 amide bonds. The molecule has 1 heterocycles. The van der Waals surface area contributed by atoms with E-state index in [9.17, 15) is 0 Å². The van der Waals surface area contributed by atoms with Gasteiger partial charge in [0.2, 0.25) is 0 Å². The molecule has 0 N–H and O–H groups in total. The number of hydrogen-bond donors (Lipinski definition) is 1. The summed E-state index contributed by atoms with van der Waals surface area (Å²) in [6, 6.07) is 0. The monoisotopic (exact) mass is 174 g/mol. The number of thiol groups is 1. The van der Waals surface area contributed by atoms with Gasteiger partial charge in [-0.15, -0.1) is 0 Å². The van der Waals surface area contributed by atoms with Gasteiger partial charge in [0.25, 0.3) is 0 Å². The van der Waals surface area contributed by atoms with Gasteiger partial charge in [0.15, 0.2) is 0 Å². The molecular weight excluding hydrogens is 167 g/mol. The Kier molecular flexibility index (Phi) is 2.41. The Balaban J connectivity index is 2.33. The third-order valence-electron chi connectivity index (χ3n) is 0.849. The first-order valence-electron chi connectivity index (χ1n) is 2.40. The van der Waals surface area contributed by atoms with Crippen molar-refractivity contribution >= 4 is 29.8 Å². The fraction of sp³-hybridized carbons (Fsp3) is 1.00. The summed E-state index contributed by atoms with van der Waals surface area (Å²) in [5.74, 6) is 0. The van der Waals surface area contributed by atoms with Crippen LogP contribution in [0.4, 0.5) is 0 Å². The van der Waals surface area contributed by atoms with Crippen LogP contribution in [0, 0.1) is 0 Å². The van der Waals surface area contributed by atoms with Crippen molar-refractivity contribution in [3.63, 3.8) is 0 Å². The van der Waals surface area contributed by atoms with Crippen LogP contribution in [0.15, 0.2) is 0 Å². The van der Waals surface area contributed by atoms with Crippen molar-refractivity contribution in [1.29, 1.82) is 0 Å². The third-order valence-corrected chi connectivity index (χ3v) is 3.40. The standard InChI is InChI=1S/C3H8ClO2PS/c4-7(8)5-2-1-3-6-7/h7-8H,1-3H2. The average Bonchev–Trinajstić information content (AvgIpc) is 1.65. The zero-order valence-electron chi connectivity index (χ0n) is 4.26. The van der Waals surface area contributed by atoms with E-state index in [1.54, 1.807) is 0 Å². The van der Waals surface area contributed by atoms with Crippen LogP contribution in [0.2, 0.25) is 0 Å². The molecule has 5 heteroatoms. The van der Waals surface area contributed by atoms with E-state index in [1.165, 1.54) is 0 Å². The molecule has 1 aliphatic heterocycles. The van der Waals surface area contributed by atoms with E-state index < -0.39 is 6.27 Å². The van der Waals surface area contributed by atoms with Crippen molar-refractivity contribution in [3.8, 4) is 0 Å². The molecule has 0 aliphatic carbocycles. The second-order valence-electron chi connectivity index (χ2n) is 1.56. The molecule has 0 aromatic heterocycles. The predicted octanol–water partition coefficient (Wildman–Crippen LogP) is 2.00. The summed E-state index contributed by atoms with van der Waals surface area (Å²) in [7, 11) is 0. The fourth-order valence-electron chi connectivity index (χ4n) is 0.497. The Labute approximate surface area is 58.9 Å². The second kappa shape index (κ2) is 2.72. The van der Waals surface area contributed by atoms with E-state index in [1.807, 2.05) is 0 Å². The van der Waals surface area contributed by atoms with Gasteiger partial charge in [-0.25, -0.2) is 0 Å². The van der Waals surface area contributed by atoms with Crippen LogP contribution in [0.5, 0.6) is 0 Å². The molecule has 0 spiro atoms. The Morgan fingerprint density at radius 2 is 1.88 bits per heavy atom. The molecule has 0 aromatic carbocycles. The normalized spacial score (nSPS) is 31.8. The summed E-state index contributed by atoms with van der Waals surface area (Å²) in [4.78, 5) is 0. The minimum absolute atomic E-state index is 0.694. The predicted molar refractivity (Wildman–Crippen MR) is 39.7 cm³/mol. The molecule has 2 nitrogen and oxygen atoms in total. The molecular formula is C3H8ClO2PS. The minimum atomic E-state index is -2.42. The summed E-state index contributed by atoms with van der Waals surface area (Å²) in [5, 5.41) is 0. The van der Waals surface area contributed by atoms with Crippen molar-refractivity contribution in [2.24, 2.45) is 0 Å². The van der Waals surface area contributed by atoms with Gasteiger partial charge in [0.05, 0.1) is 0 Å². The van der Waals surface area contributed by atoms with Crippen molar-refractivity contribution in [2.75, 3.05) is 13.2 Å². The van der Waals surface area contributed by atoms with Crippen LogP contribution in [-0.4, -0.2) is 13.2 Å².